The molecule has 15 heavy (non-hydrogen) atoms. The third kappa shape index (κ3) is 1.69. The number of nitrogens with two attached hydrogens (primary N) is 1. The molecule has 2 aliphatic rings. The smallest absolute Gasteiger partial charge is 0.102 e. The number of benzene rings is 1. The summed E-state index contributed by atoms with van der Waals surface area (Å²) in [6, 6.07) is 8.99. The molecule has 0 atom stereocenters. The van der Waals surface area contributed by atoms with Crippen LogP contribution in [-0.4, -0.2) is 5.54 Å². The Labute approximate surface area is 91.9 Å². The first-order valence-electron chi connectivity index (χ1n) is 6.29. The fraction of sp³-hybridized carbons (Fsp3) is 0.571. The van der Waals surface area contributed by atoms with E-state index in [2.05, 4.69) is 29.6 Å². The van der Waals surface area contributed by atoms with Crippen molar-refractivity contribution >= 4 is 0 Å². The molecule has 0 unspecified atom stereocenters. The minimum absolute atomic E-state index is 0.576. The van der Waals surface area contributed by atoms with Crippen LogP contribution < -0.4 is 5.32 Å². The number of hydrogen-bond acceptors (Lipinski definition) is 0. The lowest BCUT2D eigenvalue weighted by Crippen LogP contribution is -2.97. The molecule has 3 rings (SSSR count). The van der Waals surface area contributed by atoms with Crippen LogP contribution in [0.3, 0.4) is 0 Å². The Balaban J connectivity index is 1.87. The van der Waals surface area contributed by atoms with Crippen LogP contribution in [0.15, 0.2) is 24.3 Å². The molecule has 1 fully saturated rings. The van der Waals surface area contributed by atoms with Crippen LogP contribution in [0.5, 0.6) is 0 Å². The Morgan fingerprint density at radius 2 is 1.67 bits per heavy atom. The maximum absolute atomic E-state index is 2.62. The Hall–Kier alpha value is -0.820. The predicted octanol–water partition coefficient (Wildman–Crippen LogP) is 2.01. The van der Waals surface area contributed by atoms with Gasteiger partial charge in [0.2, 0.25) is 0 Å². The summed E-state index contributed by atoms with van der Waals surface area (Å²) in [5.41, 5.74) is 3.75. The summed E-state index contributed by atoms with van der Waals surface area (Å²) in [5.74, 6) is 0. The van der Waals surface area contributed by atoms with E-state index in [1.54, 1.807) is 11.1 Å². The second-order valence-corrected chi connectivity index (χ2v) is 5.28. The molecule has 1 aliphatic heterocycles. The first-order chi connectivity index (χ1) is 7.38. The second-order valence-electron chi connectivity index (χ2n) is 5.28. The van der Waals surface area contributed by atoms with Crippen molar-refractivity contribution in [3.05, 3.63) is 35.4 Å². The summed E-state index contributed by atoms with van der Waals surface area (Å²) in [6.45, 7) is 1.20. The molecule has 1 heterocycles. The van der Waals surface area contributed by atoms with Crippen molar-refractivity contribution in [2.45, 2.75) is 50.6 Å². The molecule has 1 spiro atoms. The zero-order valence-corrected chi connectivity index (χ0v) is 9.34. The largest absolute Gasteiger partial charge is 0.337 e. The van der Waals surface area contributed by atoms with Crippen molar-refractivity contribution in [3.63, 3.8) is 0 Å². The molecule has 0 bridgehead atoms. The van der Waals surface area contributed by atoms with Crippen molar-refractivity contribution in [1.82, 2.24) is 0 Å². The number of quaternary nitrogens is 1. The van der Waals surface area contributed by atoms with Gasteiger partial charge in [-0.1, -0.05) is 30.7 Å². The van der Waals surface area contributed by atoms with Gasteiger partial charge in [0.1, 0.15) is 12.1 Å². The molecule has 2 N–H and O–H groups in total. The van der Waals surface area contributed by atoms with Crippen molar-refractivity contribution in [3.8, 4) is 0 Å². The molecule has 1 saturated carbocycles. The van der Waals surface area contributed by atoms with Gasteiger partial charge in [0.15, 0.2) is 0 Å². The van der Waals surface area contributed by atoms with Crippen LogP contribution in [0.2, 0.25) is 0 Å². The highest BCUT2D eigenvalue weighted by atomic mass is 15.0. The van der Waals surface area contributed by atoms with Gasteiger partial charge < -0.3 is 5.32 Å². The lowest BCUT2D eigenvalue weighted by molar-refractivity contribution is -0.748. The van der Waals surface area contributed by atoms with Gasteiger partial charge in [-0.05, 0) is 18.4 Å². The molecule has 1 heteroatoms. The topological polar surface area (TPSA) is 16.6 Å². The SMILES string of the molecule is c1ccc2c(c1)C[NH2+]C1(CCCCC1)C2. The number of hydrogen-bond donors (Lipinski definition) is 1. The highest BCUT2D eigenvalue weighted by Gasteiger charge is 2.38. The third-order valence-electron chi connectivity index (χ3n) is 4.27. The van der Waals surface area contributed by atoms with E-state index in [0.717, 1.165) is 0 Å². The van der Waals surface area contributed by atoms with Gasteiger partial charge >= 0.3 is 0 Å². The molecule has 1 nitrogen and oxygen atoms in total. The van der Waals surface area contributed by atoms with Gasteiger partial charge in [-0.25, -0.2) is 0 Å². The first-order valence-corrected chi connectivity index (χ1v) is 6.29. The summed E-state index contributed by atoms with van der Waals surface area (Å²) in [5, 5.41) is 2.62. The normalized spacial score (nSPS) is 23.7. The zero-order chi connectivity index (χ0) is 10.1. The summed E-state index contributed by atoms with van der Waals surface area (Å²) in [7, 11) is 0. The van der Waals surface area contributed by atoms with Gasteiger partial charge in [-0.3, -0.25) is 0 Å². The van der Waals surface area contributed by atoms with Crippen LogP contribution in [0.25, 0.3) is 0 Å². The van der Waals surface area contributed by atoms with E-state index in [9.17, 15) is 0 Å². The minimum atomic E-state index is 0.576. The number of rotatable bonds is 0. The average Bonchev–Trinajstić information content (AvgIpc) is 2.30. The molecule has 1 aliphatic carbocycles. The molecular weight excluding hydrogens is 182 g/mol. The maximum Gasteiger partial charge on any atom is 0.102 e. The van der Waals surface area contributed by atoms with E-state index in [1.165, 1.54) is 45.1 Å². The Bertz CT molecular complexity index is 350. The molecular formula is C14H20N+. The van der Waals surface area contributed by atoms with E-state index >= 15 is 0 Å². The number of fused-ring (bicyclic) bond motifs is 1. The van der Waals surface area contributed by atoms with E-state index in [4.69, 9.17) is 0 Å². The van der Waals surface area contributed by atoms with E-state index in [-0.39, 0.29) is 0 Å². The molecule has 0 radical (unpaired) electrons. The summed E-state index contributed by atoms with van der Waals surface area (Å²) in [4.78, 5) is 0. The van der Waals surface area contributed by atoms with Crippen molar-refractivity contribution in [2.75, 3.05) is 0 Å². The van der Waals surface area contributed by atoms with Crippen LogP contribution in [0.1, 0.15) is 43.2 Å². The van der Waals surface area contributed by atoms with Crippen LogP contribution >= 0.6 is 0 Å². The average molecular weight is 202 g/mol. The van der Waals surface area contributed by atoms with Crippen LogP contribution in [0, 0.1) is 0 Å². The van der Waals surface area contributed by atoms with Gasteiger partial charge in [0.25, 0.3) is 0 Å². The third-order valence-corrected chi connectivity index (χ3v) is 4.27. The van der Waals surface area contributed by atoms with Gasteiger partial charge in [0.05, 0.1) is 0 Å². The molecule has 1 aromatic rings. The zero-order valence-electron chi connectivity index (χ0n) is 9.34. The standard InChI is InChI=1S/C14H19N/c1-4-8-14(9-5-1)10-12-6-2-3-7-13(12)11-15-14/h2-3,6-7,15H,1,4-5,8-11H2/p+1. The fourth-order valence-electron chi connectivity index (χ4n) is 3.34. The Kier molecular flexibility index (Phi) is 2.28. The second kappa shape index (κ2) is 3.64. The van der Waals surface area contributed by atoms with E-state index < -0.39 is 0 Å². The lowest BCUT2D eigenvalue weighted by Gasteiger charge is -2.38. The van der Waals surface area contributed by atoms with Crippen molar-refractivity contribution in [1.29, 1.82) is 0 Å². The van der Waals surface area contributed by atoms with Gasteiger partial charge in [0, 0.05) is 24.8 Å². The molecule has 0 aromatic heterocycles. The Morgan fingerprint density at radius 3 is 2.47 bits per heavy atom. The maximum atomic E-state index is 2.62. The van der Waals surface area contributed by atoms with E-state index in [1.807, 2.05) is 0 Å². The molecule has 1 aromatic carbocycles. The Morgan fingerprint density at radius 1 is 0.933 bits per heavy atom. The quantitative estimate of drug-likeness (QED) is 0.663. The molecule has 0 saturated heterocycles. The fourth-order valence-corrected chi connectivity index (χ4v) is 3.34. The van der Waals surface area contributed by atoms with Crippen molar-refractivity contribution < 1.29 is 5.32 Å². The van der Waals surface area contributed by atoms with E-state index in [0.29, 0.717) is 5.54 Å². The molecule has 80 valence electrons. The summed E-state index contributed by atoms with van der Waals surface area (Å²) >= 11 is 0. The predicted molar refractivity (Wildman–Crippen MR) is 61.6 cm³/mol. The van der Waals surface area contributed by atoms with Crippen LogP contribution in [0.4, 0.5) is 0 Å². The highest BCUT2D eigenvalue weighted by molar-refractivity contribution is 5.29. The lowest BCUT2D eigenvalue weighted by atomic mass is 9.74. The summed E-state index contributed by atoms with van der Waals surface area (Å²) in [6.07, 6.45) is 8.51. The monoisotopic (exact) mass is 202 g/mol. The van der Waals surface area contributed by atoms with Crippen LogP contribution in [-0.2, 0) is 13.0 Å². The van der Waals surface area contributed by atoms with Gasteiger partial charge in [-0.15, -0.1) is 0 Å². The van der Waals surface area contributed by atoms with Crippen molar-refractivity contribution in [2.24, 2.45) is 0 Å². The molecule has 0 amide bonds. The van der Waals surface area contributed by atoms with Gasteiger partial charge in [-0.2, -0.15) is 0 Å². The minimum Gasteiger partial charge on any atom is -0.337 e. The highest BCUT2D eigenvalue weighted by Crippen LogP contribution is 2.31. The first kappa shape index (κ1) is 9.41. The summed E-state index contributed by atoms with van der Waals surface area (Å²) < 4.78 is 0.